The average Bonchev–Trinajstić information content (AvgIpc) is 2.75. The minimum absolute atomic E-state index is 0.116. The molecule has 0 atom stereocenters. The summed E-state index contributed by atoms with van der Waals surface area (Å²) in [6, 6.07) is 3.14. The van der Waals surface area contributed by atoms with Crippen LogP contribution >= 0.6 is 0 Å². The largest absolute Gasteiger partial charge is 0.324 e. The number of hydrogen-bond donors (Lipinski definition) is 3. The third kappa shape index (κ3) is 2.52. The standard InChI is InChI=1S/C8H10N8O/c1-16-14-8(13-15-16)11-7(17)6-4-5(12-9)2-3-10-6/h2-4H,9H2,1H3,(H,10,12)(H,11,14,17). The van der Waals surface area contributed by atoms with E-state index in [4.69, 9.17) is 5.84 Å². The molecule has 2 heterocycles. The number of carbonyl (C=O) groups is 1. The van der Waals surface area contributed by atoms with Gasteiger partial charge in [0.05, 0.1) is 12.7 Å². The van der Waals surface area contributed by atoms with Gasteiger partial charge < -0.3 is 5.43 Å². The Morgan fingerprint density at radius 1 is 1.53 bits per heavy atom. The van der Waals surface area contributed by atoms with E-state index in [1.54, 1.807) is 13.1 Å². The Bertz CT molecular complexity index is 536. The molecule has 9 heteroatoms. The van der Waals surface area contributed by atoms with Crippen LogP contribution in [-0.4, -0.2) is 31.1 Å². The van der Waals surface area contributed by atoms with Gasteiger partial charge in [0.1, 0.15) is 5.69 Å². The van der Waals surface area contributed by atoms with Gasteiger partial charge in [0.15, 0.2) is 0 Å². The van der Waals surface area contributed by atoms with E-state index in [0.29, 0.717) is 5.69 Å². The van der Waals surface area contributed by atoms with Crippen molar-refractivity contribution in [3.63, 3.8) is 0 Å². The molecule has 9 nitrogen and oxygen atoms in total. The maximum Gasteiger partial charge on any atom is 0.276 e. The molecular weight excluding hydrogens is 224 g/mol. The molecule has 0 fully saturated rings. The molecule has 0 aliphatic rings. The van der Waals surface area contributed by atoms with Crippen LogP contribution in [0.1, 0.15) is 10.5 Å². The van der Waals surface area contributed by atoms with Gasteiger partial charge in [0, 0.05) is 6.20 Å². The highest BCUT2D eigenvalue weighted by atomic mass is 16.2. The smallest absolute Gasteiger partial charge is 0.276 e. The number of hydrazine groups is 1. The summed E-state index contributed by atoms with van der Waals surface area (Å²) in [4.78, 5) is 16.9. The number of nitrogen functional groups attached to an aromatic ring is 1. The molecule has 0 radical (unpaired) electrons. The summed E-state index contributed by atoms with van der Waals surface area (Å²) >= 11 is 0. The second-order valence-corrected chi connectivity index (χ2v) is 3.13. The fraction of sp³-hybridized carbons (Fsp3) is 0.125. The number of nitrogens with zero attached hydrogens (tertiary/aromatic N) is 5. The van der Waals surface area contributed by atoms with Gasteiger partial charge in [-0.1, -0.05) is 5.10 Å². The van der Waals surface area contributed by atoms with Crippen LogP contribution in [0.4, 0.5) is 11.6 Å². The normalized spacial score (nSPS) is 10.0. The molecule has 17 heavy (non-hydrogen) atoms. The Labute approximate surface area is 96.0 Å². The number of rotatable bonds is 3. The average molecular weight is 234 g/mol. The highest BCUT2D eigenvalue weighted by molar-refractivity contribution is 6.02. The van der Waals surface area contributed by atoms with Gasteiger partial charge in [-0.25, -0.2) is 0 Å². The number of nitrogens with one attached hydrogen (secondary N) is 2. The van der Waals surface area contributed by atoms with E-state index in [9.17, 15) is 4.79 Å². The molecule has 4 N–H and O–H groups in total. The Hall–Kier alpha value is -2.55. The van der Waals surface area contributed by atoms with Crippen molar-refractivity contribution in [2.45, 2.75) is 0 Å². The highest BCUT2D eigenvalue weighted by Gasteiger charge is 2.10. The lowest BCUT2D eigenvalue weighted by atomic mass is 10.3. The van der Waals surface area contributed by atoms with Crippen LogP contribution in [0.25, 0.3) is 0 Å². The first-order valence-corrected chi connectivity index (χ1v) is 4.67. The number of aromatic nitrogens is 5. The van der Waals surface area contributed by atoms with Crippen molar-refractivity contribution in [3.8, 4) is 0 Å². The Morgan fingerprint density at radius 2 is 2.35 bits per heavy atom. The number of aryl methyl sites for hydroxylation is 1. The van der Waals surface area contributed by atoms with E-state index in [-0.39, 0.29) is 11.6 Å². The maximum absolute atomic E-state index is 11.7. The topological polar surface area (TPSA) is 124 Å². The molecule has 0 saturated carbocycles. The molecule has 2 aromatic heterocycles. The van der Waals surface area contributed by atoms with Gasteiger partial charge in [0.25, 0.3) is 11.9 Å². The second-order valence-electron chi connectivity index (χ2n) is 3.13. The Morgan fingerprint density at radius 3 is 3.00 bits per heavy atom. The molecule has 2 aromatic rings. The number of nitrogens with two attached hydrogens (primary N) is 1. The van der Waals surface area contributed by atoms with Gasteiger partial charge in [0.2, 0.25) is 0 Å². The van der Waals surface area contributed by atoms with Crippen molar-refractivity contribution >= 4 is 17.5 Å². The lowest BCUT2D eigenvalue weighted by molar-refractivity contribution is 0.102. The van der Waals surface area contributed by atoms with Gasteiger partial charge in [-0.15, -0.1) is 5.10 Å². The van der Waals surface area contributed by atoms with E-state index in [0.717, 1.165) is 0 Å². The molecule has 88 valence electrons. The van der Waals surface area contributed by atoms with E-state index in [1.807, 2.05) is 0 Å². The van der Waals surface area contributed by atoms with Crippen LogP contribution in [0, 0.1) is 0 Å². The molecule has 0 aliphatic heterocycles. The molecule has 0 saturated heterocycles. The third-order valence-corrected chi connectivity index (χ3v) is 1.89. The molecular formula is C8H10N8O. The monoisotopic (exact) mass is 234 g/mol. The predicted molar refractivity (Wildman–Crippen MR) is 58.8 cm³/mol. The minimum Gasteiger partial charge on any atom is -0.324 e. The van der Waals surface area contributed by atoms with Crippen LogP contribution in [0.5, 0.6) is 0 Å². The molecule has 2 rings (SSSR count). The number of carbonyl (C=O) groups excluding carboxylic acids is 1. The van der Waals surface area contributed by atoms with Crippen molar-refractivity contribution in [2.75, 3.05) is 10.7 Å². The summed E-state index contributed by atoms with van der Waals surface area (Å²) in [5, 5.41) is 13.5. The van der Waals surface area contributed by atoms with Crippen LogP contribution in [0.2, 0.25) is 0 Å². The zero-order valence-electron chi connectivity index (χ0n) is 8.95. The summed E-state index contributed by atoms with van der Waals surface area (Å²) in [6.07, 6.45) is 1.47. The fourth-order valence-electron chi connectivity index (χ4n) is 1.14. The fourth-order valence-corrected chi connectivity index (χ4v) is 1.14. The van der Waals surface area contributed by atoms with E-state index in [2.05, 4.69) is 31.1 Å². The summed E-state index contributed by atoms with van der Waals surface area (Å²) in [6.45, 7) is 0. The van der Waals surface area contributed by atoms with Crippen LogP contribution in [-0.2, 0) is 7.05 Å². The molecule has 0 aliphatic carbocycles. The number of anilines is 2. The van der Waals surface area contributed by atoms with E-state index in [1.165, 1.54) is 17.1 Å². The van der Waals surface area contributed by atoms with Gasteiger partial charge in [-0.05, 0) is 17.3 Å². The van der Waals surface area contributed by atoms with Crippen LogP contribution in [0.15, 0.2) is 18.3 Å². The first-order valence-electron chi connectivity index (χ1n) is 4.67. The molecule has 0 spiro atoms. The number of amides is 1. The first-order chi connectivity index (χ1) is 8.19. The number of pyridine rings is 1. The van der Waals surface area contributed by atoms with E-state index < -0.39 is 5.91 Å². The summed E-state index contributed by atoms with van der Waals surface area (Å²) in [7, 11) is 1.60. The summed E-state index contributed by atoms with van der Waals surface area (Å²) in [5.74, 6) is 4.91. The number of hydrogen-bond acceptors (Lipinski definition) is 7. The zero-order valence-corrected chi connectivity index (χ0v) is 8.95. The SMILES string of the molecule is Cn1nnc(NC(=O)c2cc(NN)ccn2)n1. The van der Waals surface area contributed by atoms with Crippen molar-refractivity contribution in [3.05, 3.63) is 24.0 Å². The maximum atomic E-state index is 11.7. The van der Waals surface area contributed by atoms with Gasteiger partial charge >= 0.3 is 0 Å². The van der Waals surface area contributed by atoms with Crippen LogP contribution in [0.3, 0.4) is 0 Å². The minimum atomic E-state index is -0.435. The van der Waals surface area contributed by atoms with Crippen molar-refractivity contribution in [2.24, 2.45) is 12.9 Å². The van der Waals surface area contributed by atoms with Crippen molar-refractivity contribution in [1.82, 2.24) is 25.2 Å². The molecule has 0 aromatic carbocycles. The second kappa shape index (κ2) is 4.53. The Balaban J connectivity index is 2.14. The third-order valence-electron chi connectivity index (χ3n) is 1.89. The lowest BCUT2D eigenvalue weighted by Crippen LogP contribution is -2.16. The molecule has 1 amide bonds. The van der Waals surface area contributed by atoms with E-state index >= 15 is 0 Å². The Kier molecular flexibility index (Phi) is 2.92. The number of tetrazole rings is 1. The first kappa shape index (κ1) is 11.0. The quantitative estimate of drug-likeness (QED) is 0.466. The molecule has 0 bridgehead atoms. The van der Waals surface area contributed by atoms with Crippen LogP contribution < -0.4 is 16.6 Å². The zero-order chi connectivity index (χ0) is 12.3. The highest BCUT2D eigenvalue weighted by Crippen LogP contribution is 2.07. The van der Waals surface area contributed by atoms with Gasteiger partial charge in [-0.3, -0.25) is 20.9 Å². The predicted octanol–water partition coefficient (Wildman–Crippen LogP) is -0.857. The van der Waals surface area contributed by atoms with Gasteiger partial charge in [-0.2, -0.15) is 4.80 Å². The van der Waals surface area contributed by atoms with Crippen molar-refractivity contribution in [1.29, 1.82) is 0 Å². The van der Waals surface area contributed by atoms with Crippen molar-refractivity contribution < 1.29 is 4.79 Å². The lowest BCUT2D eigenvalue weighted by Gasteiger charge is -2.02. The molecule has 0 unspecified atom stereocenters. The summed E-state index contributed by atoms with van der Waals surface area (Å²) < 4.78 is 0. The summed E-state index contributed by atoms with van der Waals surface area (Å²) in [5.41, 5.74) is 3.21.